The van der Waals surface area contributed by atoms with E-state index in [0.717, 1.165) is 48.9 Å². The van der Waals surface area contributed by atoms with Crippen LogP contribution in [0.3, 0.4) is 0 Å². The summed E-state index contributed by atoms with van der Waals surface area (Å²) >= 11 is 0. The van der Waals surface area contributed by atoms with Crippen LogP contribution in [0.1, 0.15) is 44.4 Å². The lowest BCUT2D eigenvalue weighted by Gasteiger charge is -2.27. The SMILES string of the molecule is CC.COc1cc(C(C)(C)O)c(OCc2ccccc2)cc1N1CCN(Cc2ccccc2)C1. The van der Waals surface area contributed by atoms with Gasteiger partial charge in [-0.25, -0.2) is 0 Å². The van der Waals surface area contributed by atoms with Gasteiger partial charge in [0, 0.05) is 31.3 Å². The standard InChI is InChI=1S/C27H32N2O3.C2H6/c1-27(2,30)23-16-26(31-3)24(17-25(23)32-19-22-12-8-5-9-13-22)29-15-14-28(20-29)18-21-10-6-4-7-11-21;1-2/h4-13,16-17,30H,14-15,18-20H2,1-3H3;1-2H3. The monoisotopic (exact) mass is 462 g/mol. The molecule has 182 valence electrons. The maximum atomic E-state index is 10.8. The fourth-order valence-corrected chi connectivity index (χ4v) is 4.10. The van der Waals surface area contributed by atoms with E-state index in [9.17, 15) is 5.11 Å². The van der Waals surface area contributed by atoms with E-state index in [1.165, 1.54) is 5.56 Å². The van der Waals surface area contributed by atoms with Gasteiger partial charge in [0.25, 0.3) is 0 Å². The highest BCUT2D eigenvalue weighted by Gasteiger charge is 2.28. The van der Waals surface area contributed by atoms with Crippen LogP contribution in [0.25, 0.3) is 0 Å². The minimum absolute atomic E-state index is 0.440. The Hall–Kier alpha value is -3.02. The average Bonchev–Trinajstić information content (AvgIpc) is 3.32. The summed E-state index contributed by atoms with van der Waals surface area (Å²) in [6, 6.07) is 24.5. The van der Waals surface area contributed by atoms with Crippen molar-refractivity contribution in [3.8, 4) is 11.5 Å². The molecule has 1 heterocycles. The third kappa shape index (κ3) is 6.52. The summed E-state index contributed by atoms with van der Waals surface area (Å²) in [5, 5.41) is 10.8. The van der Waals surface area contributed by atoms with Crippen LogP contribution in [0, 0.1) is 0 Å². The number of aliphatic hydroxyl groups is 1. The second-order valence-electron chi connectivity index (χ2n) is 8.80. The van der Waals surface area contributed by atoms with Crippen molar-refractivity contribution >= 4 is 5.69 Å². The molecule has 0 spiro atoms. The molecule has 5 heteroatoms. The molecule has 3 aromatic rings. The molecule has 34 heavy (non-hydrogen) atoms. The van der Waals surface area contributed by atoms with Gasteiger partial charge in [0.2, 0.25) is 0 Å². The summed E-state index contributed by atoms with van der Waals surface area (Å²) in [4.78, 5) is 4.73. The molecule has 0 radical (unpaired) electrons. The molecule has 5 nitrogen and oxygen atoms in total. The lowest BCUT2D eigenvalue weighted by Crippen LogP contribution is -2.26. The zero-order valence-corrected chi connectivity index (χ0v) is 21.1. The summed E-state index contributed by atoms with van der Waals surface area (Å²) in [7, 11) is 1.68. The Kier molecular flexibility index (Phi) is 8.97. The van der Waals surface area contributed by atoms with E-state index in [1.807, 2.05) is 62.4 Å². The lowest BCUT2D eigenvalue weighted by molar-refractivity contribution is 0.0741. The van der Waals surface area contributed by atoms with Crippen molar-refractivity contribution in [1.29, 1.82) is 0 Å². The zero-order chi connectivity index (χ0) is 24.6. The van der Waals surface area contributed by atoms with Gasteiger partial charge in [-0.15, -0.1) is 0 Å². The molecule has 0 aromatic heterocycles. The number of methoxy groups -OCH3 is 1. The van der Waals surface area contributed by atoms with Crippen LogP contribution >= 0.6 is 0 Å². The van der Waals surface area contributed by atoms with Gasteiger partial charge in [0.1, 0.15) is 18.1 Å². The predicted octanol–water partition coefficient (Wildman–Crippen LogP) is 5.81. The molecule has 0 aliphatic carbocycles. The van der Waals surface area contributed by atoms with Crippen LogP contribution in [0.2, 0.25) is 0 Å². The fourth-order valence-electron chi connectivity index (χ4n) is 4.10. The number of hydrogen-bond donors (Lipinski definition) is 1. The maximum absolute atomic E-state index is 10.8. The van der Waals surface area contributed by atoms with Crippen molar-refractivity contribution in [2.45, 2.75) is 46.4 Å². The van der Waals surface area contributed by atoms with Crippen molar-refractivity contribution in [3.63, 3.8) is 0 Å². The molecule has 4 rings (SSSR count). The Labute approximate surface area is 204 Å². The van der Waals surface area contributed by atoms with Crippen molar-refractivity contribution in [2.24, 2.45) is 0 Å². The highest BCUT2D eigenvalue weighted by atomic mass is 16.5. The topological polar surface area (TPSA) is 45.2 Å². The Morgan fingerprint density at radius 3 is 2.06 bits per heavy atom. The summed E-state index contributed by atoms with van der Waals surface area (Å²) in [5.41, 5.74) is 3.04. The minimum atomic E-state index is -1.05. The van der Waals surface area contributed by atoms with Gasteiger partial charge in [-0.05, 0) is 31.0 Å². The van der Waals surface area contributed by atoms with Crippen LogP contribution in [-0.2, 0) is 18.8 Å². The normalized spacial score (nSPS) is 13.9. The first-order valence-corrected chi connectivity index (χ1v) is 12.1. The molecule has 1 aliphatic heterocycles. The van der Waals surface area contributed by atoms with E-state index in [-0.39, 0.29) is 0 Å². The minimum Gasteiger partial charge on any atom is -0.495 e. The predicted molar refractivity (Wildman–Crippen MR) is 139 cm³/mol. The number of ether oxygens (including phenoxy) is 2. The number of anilines is 1. The van der Waals surface area contributed by atoms with Gasteiger partial charge >= 0.3 is 0 Å². The highest BCUT2D eigenvalue weighted by Crippen LogP contribution is 2.41. The molecule has 0 atom stereocenters. The molecule has 0 amide bonds. The van der Waals surface area contributed by atoms with Crippen molar-refractivity contribution in [1.82, 2.24) is 4.90 Å². The Bertz CT molecular complexity index is 1020. The van der Waals surface area contributed by atoms with E-state index in [1.54, 1.807) is 21.0 Å². The molecule has 1 aliphatic rings. The highest BCUT2D eigenvalue weighted by molar-refractivity contribution is 5.65. The first-order chi connectivity index (χ1) is 16.4. The summed E-state index contributed by atoms with van der Waals surface area (Å²) in [6.45, 7) is 11.6. The molecular formula is C29H38N2O3. The summed E-state index contributed by atoms with van der Waals surface area (Å²) in [6.07, 6.45) is 0. The maximum Gasteiger partial charge on any atom is 0.142 e. The molecule has 1 saturated heterocycles. The average molecular weight is 463 g/mol. The molecular weight excluding hydrogens is 424 g/mol. The number of benzene rings is 3. The molecule has 3 aromatic carbocycles. The molecule has 1 N–H and O–H groups in total. The fraction of sp³-hybridized carbons (Fsp3) is 0.379. The number of nitrogens with zero attached hydrogens (tertiary/aromatic N) is 2. The van der Waals surface area contributed by atoms with Gasteiger partial charge in [-0.2, -0.15) is 0 Å². The van der Waals surface area contributed by atoms with Crippen LogP contribution in [-0.4, -0.2) is 36.9 Å². The van der Waals surface area contributed by atoms with E-state index in [2.05, 4.69) is 34.1 Å². The summed E-state index contributed by atoms with van der Waals surface area (Å²) < 4.78 is 12.0. The van der Waals surface area contributed by atoms with Gasteiger partial charge in [0.05, 0.1) is 25.1 Å². The first kappa shape index (κ1) is 25.6. The first-order valence-electron chi connectivity index (χ1n) is 12.1. The third-order valence-corrected chi connectivity index (χ3v) is 5.82. The van der Waals surface area contributed by atoms with Crippen molar-refractivity contribution in [2.75, 3.05) is 31.8 Å². The number of rotatable bonds is 8. The van der Waals surface area contributed by atoms with E-state index >= 15 is 0 Å². The number of hydrogen-bond acceptors (Lipinski definition) is 5. The van der Waals surface area contributed by atoms with Crippen LogP contribution in [0.4, 0.5) is 5.69 Å². The summed E-state index contributed by atoms with van der Waals surface area (Å²) in [5.74, 6) is 1.43. The third-order valence-electron chi connectivity index (χ3n) is 5.82. The largest absolute Gasteiger partial charge is 0.495 e. The van der Waals surface area contributed by atoms with Gasteiger partial charge < -0.3 is 19.5 Å². The zero-order valence-electron chi connectivity index (χ0n) is 21.1. The quantitative estimate of drug-likeness (QED) is 0.458. The Morgan fingerprint density at radius 1 is 0.853 bits per heavy atom. The molecule has 0 unspecified atom stereocenters. The molecule has 0 saturated carbocycles. The van der Waals surface area contributed by atoms with E-state index < -0.39 is 5.60 Å². The molecule has 1 fully saturated rings. The van der Waals surface area contributed by atoms with E-state index in [0.29, 0.717) is 12.4 Å². The molecule has 0 bridgehead atoms. The van der Waals surface area contributed by atoms with Crippen LogP contribution in [0.15, 0.2) is 72.8 Å². The van der Waals surface area contributed by atoms with E-state index in [4.69, 9.17) is 9.47 Å². The van der Waals surface area contributed by atoms with Crippen LogP contribution < -0.4 is 14.4 Å². The second kappa shape index (κ2) is 11.9. The van der Waals surface area contributed by atoms with Gasteiger partial charge in [-0.1, -0.05) is 74.5 Å². The Balaban J connectivity index is 0.00000158. The lowest BCUT2D eigenvalue weighted by atomic mass is 9.96. The van der Waals surface area contributed by atoms with Crippen molar-refractivity contribution in [3.05, 3.63) is 89.5 Å². The second-order valence-corrected chi connectivity index (χ2v) is 8.80. The van der Waals surface area contributed by atoms with Gasteiger partial charge in [0.15, 0.2) is 0 Å². The Morgan fingerprint density at radius 2 is 1.47 bits per heavy atom. The smallest absolute Gasteiger partial charge is 0.142 e. The van der Waals surface area contributed by atoms with Gasteiger partial charge in [-0.3, -0.25) is 4.90 Å². The van der Waals surface area contributed by atoms with Crippen molar-refractivity contribution < 1.29 is 14.6 Å². The van der Waals surface area contributed by atoms with Crippen LogP contribution in [0.5, 0.6) is 11.5 Å².